The molecule has 1 unspecified atom stereocenters. The van der Waals surface area contributed by atoms with Gasteiger partial charge in [-0.3, -0.25) is 4.98 Å². The highest BCUT2D eigenvalue weighted by Crippen LogP contribution is 2.37. The number of benzene rings is 2. The Morgan fingerprint density at radius 3 is 2.78 bits per heavy atom. The first-order valence-corrected chi connectivity index (χ1v) is 14.8. The summed E-state index contributed by atoms with van der Waals surface area (Å²) in [6.45, 7) is 4.61. The number of unbranched alkanes of at least 4 members (excludes halogenated alkanes) is 1. The van der Waals surface area contributed by atoms with Crippen molar-refractivity contribution in [3.8, 4) is 11.4 Å². The van der Waals surface area contributed by atoms with E-state index in [9.17, 15) is 13.2 Å². The molecule has 1 aliphatic rings. The zero-order chi connectivity index (χ0) is 28.7. The monoisotopic (exact) mass is 580 g/mol. The van der Waals surface area contributed by atoms with Crippen LogP contribution in [0.15, 0.2) is 46.0 Å². The lowest BCUT2D eigenvalue weighted by Crippen LogP contribution is -2.12. The van der Waals surface area contributed by atoms with Gasteiger partial charge < -0.3 is 14.3 Å². The van der Waals surface area contributed by atoms with E-state index in [0.717, 1.165) is 94.4 Å². The van der Waals surface area contributed by atoms with Crippen LogP contribution >= 0.6 is 11.8 Å². The number of halogens is 3. The summed E-state index contributed by atoms with van der Waals surface area (Å²) in [5.41, 5.74) is 6.09. The number of anilines is 1. The van der Waals surface area contributed by atoms with Gasteiger partial charge in [-0.05, 0) is 68.7 Å². The van der Waals surface area contributed by atoms with Gasteiger partial charge in [-0.25, -0.2) is 4.98 Å². The number of nitrogens with one attached hydrogen (secondary N) is 1. The minimum absolute atomic E-state index is 0.177. The quantitative estimate of drug-likeness (QED) is 0.156. The highest BCUT2D eigenvalue weighted by molar-refractivity contribution is 7.99. The Morgan fingerprint density at radius 1 is 1.10 bits per heavy atom. The molecular weight excluding hydrogens is 549 g/mol. The van der Waals surface area contributed by atoms with Crippen molar-refractivity contribution in [3.05, 3.63) is 59.1 Å². The number of hydrogen-bond acceptors (Lipinski definition) is 7. The number of oxazole rings is 1. The van der Waals surface area contributed by atoms with Gasteiger partial charge in [-0.1, -0.05) is 36.4 Å². The van der Waals surface area contributed by atoms with Crippen LogP contribution in [0, 0.1) is 19.8 Å². The lowest BCUT2D eigenvalue weighted by atomic mass is 9.94. The molecule has 0 amide bonds. The van der Waals surface area contributed by atoms with Gasteiger partial charge in [0.1, 0.15) is 5.52 Å². The second-order valence-corrected chi connectivity index (χ2v) is 11.8. The molecule has 3 aromatic heterocycles. The molecule has 0 aliphatic carbocycles. The summed E-state index contributed by atoms with van der Waals surface area (Å²) < 4.78 is 46.4. The van der Waals surface area contributed by atoms with Crippen LogP contribution in [0.4, 0.5) is 18.9 Å². The normalized spacial score (nSPS) is 15.7. The largest absolute Gasteiger partial charge is 0.468 e. The molecule has 0 fully saturated rings. The van der Waals surface area contributed by atoms with Crippen molar-refractivity contribution in [2.45, 2.75) is 57.3 Å². The van der Waals surface area contributed by atoms with E-state index in [0.29, 0.717) is 11.4 Å². The third kappa shape index (κ3) is 5.51. The summed E-state index contributed by atoms with van der Waals surface area (Å²) in [4.78, 5) is 8.38. The second-order valence-electron chi connectivity index (χ2n) is 10.7. The molecule has 6 rings (SSSR count). The molecule has 1 N–H and O–H groups in total. The molecular formula is C30H31F3N6OS. The third-order valence-electron chi connectivity index (χ3n) is 7.87. The number of rotatable bonds is 7. The molecule has 0 saturated heterocycles. The molecule has 4 heterocycles. The zero-order valence-electron chi connectivity index (χ0n) is 23.2. The Hall–Kier alpha value is -3.60. The fraction of sp³-hybridized carbons (Fsp3) is 0.400. The predicted octanol–water partition coefficient (Wildman–Crippen LogP) is 7.74. The maximum atomic E-state index is 13.1. The smallest absolute Gasteiger partial charge is 0.433 e. The SMILES string of the molecule is Cc1ccc2c(-c3nnc(SCCCCC4CCc5c(cc6oc(C(F)(F)F)nc6c5C)NC4)n3C)cccc2n1. The van der Waals surface area contributed by atoms with Crippen molar-refractivity contribution in [1.29, 1.82) is 0 Å². The van der Waals surface area contributed by atoms with E-state index in [4.69, 9.17) is 4.42 Å². The Labute approximate surface area is 240 Å². The van der Waals surface area contributed by atoms with Crippen LogP contribution in [0.1, 0.15) is 48.4 Å². The van der Waals surface area contributed by atoms with E-state index in [2.05, 4.69) is 42.2 Å². The van der Waals surface area contributed by atoms with E-state index in [1.165, 1.54) is 0 Å². The molecule has 11 heteroatoms. The fourth-order valence-electron chi connectivity index (χ4n) is 5.64. The van der Waals surface area contributed by atoms with Gasteiger partial charge in [0.15, 0.2) is 16.6 Å². The summed E-state index contributed by atoms with van der Waals surface area (Å²) >= 11 is 1.72. The first kappa shape index (κ1) is 27.6. The number of aromatic nitrogens is 5. The van der Waals surface area contributed by atoms with Crippen molar-refractivity contribution >= 4 is 39.5 Å². The van der Waals surface area contributed by atoms with Gasteiger partial charge in [0, 0.05) is 47.7 Å². The van der Waals surface area contributed by atoms with Gasteiger partial charge in [-0.15, -0.1) is 10.2 Å². The van der Waals surface area contributed by atoms with Crippen LogP contribution in [-0.4, -0.2) is 37.0 Å². The van der Waals surface area contributed by atoms with Gasteiger partial charge in [-0.2, -0.15) is 13.2 Å². The molecule has 1 aliphatic heterocycles. The number of alkyl halides is 3. The highest BCUT2D eigenvalue weighted by atomic mass is 32.2. The summed E-state index contributed by atoms with van der Waals surface area (Å²) in [7, 11) is 2.01. The van der Waals surface area contributed by atoms with E-state index in [1.54, 1.807) is 17.8 Å². The number of nitrogens with zero attached hydrogens (tertiary/aromatic N) is 5. The highest BCUT2D eigenvalue weighted by Gasteiger charge is 2.38. The van der Waals surface area contributed by atoms with Gasteiger partial charge >= 0.3 is 12.1 Å². The van der Waals surface area contributed by atoms with Crippen molar-refractivity contribution in [2.75, 3.05) is 17.6 Å². The van der Waals surface area contributed by atoms with Crippen LogP contribution in [0.25, 0.3) is 33.4 Å². The standard InChI is InChI=1S/C30H31F3N6OS/c1-17-10-12-21-22(8-6-9-23(21)35-17)27-37-38-29(39(27)3)41-14-5-4-7-19-11-13-20-18(2)26-25(15-24(20)34-16-19)40-28(36-26)30(31,32)33/h6,8-10,12,15,19,34H,4-5,7,11,13-14,16H2,1-3H3. The third-order valence-corrected chi connectivity index (χ3v) is 8.98. The summed E-state index contributed by atoms with van der Waals surface area (Å²) in [5, 5.41) is 14.4. The van der Waals surface area contributed by atoms with Crippen LogP contribution < -0.4 is 5.32 Å². The minimum Gasteiger partial charge on any atom is -0.433 e. The first-order chi connectivity index (χ1) is 19.7. The number of fused-ring (bicyclic) bond motifs is 3. The molecule has 0 bridgehead atoms. The average Bonchev–Trinajstić information content (AvgIpc) is 3.47. The number of hydrogen-bond donors (Lipinski definition) is 1. The van der Waals surface area contributed by atoms with E-state index >= 15 is 0 Å². The second kappa shape index (κ2) is 11.0. The van der Waals surface area contributed by atoms with Crippen molar-refractivity contribution in [1.82, 2.24) is 24.7 Å². The number of thioether (sulfide) groups is 1. The molecule has 0 saturated carbocycles. The summed E-state index contributed by atoms with van der Waals surface area (Å²) in [6.07, 6.45) is 0.427. The fourth-order valence-corrected chi connectivity index (χ4v) is 6.55. The topological polar surface area (TPSA) is 81.7 Å². The number of pyridine rings is 1. The van der Waals surface area contributed by atoms with Crippen LogP contribution in [0.3, 0.4) is 0 Å². The molecule has 0 radical (unpaired) electrons. The lowest BCUT2D eigenvalue weighted by Gasteiger charge is -2.14. The Kier molecular flexibility index (Phi) is 7.39. The Morgan fingerprint density at radius 2 is 1.95 bits per heavy atom. The van der Waals surface area contributed by atoms with E-state index in [-0.39, 0.29) is 5.58 Å². The maximum absolute atomic E-state index is 13.1. The molecule has 2 aromatic carbocycles. The summed E-state index contributed by atoms with van der Waals surface area (Å²) in [6, 6.07) is 11.9. The molecule has 7 nitrogen and oxygen atoms in total. The van der Waals surface area contributed by atoms with Gasteiger partial charge in [0.2, 0.25) is 0 Å². The lowest BCUT2D eigenvalue weighted by molar-refractivity contribution is -0.156. The van der Waals surface area contributed by atoms with Crippen LogP contribution in [-0.2, 0) is 19.6 Å². The average molecular weight is 581 g/mol. The van der Waals surface area contributed by atoms with Crippen molar-refractivity contribution in [3.63, 3.8) is 0 Å². The van der Waals surface area contributed by atoms with Crippen LogP contribution in [0.5, 0.6) is 0 Å². The summed E-state index contributed by atoms with van der Waals surface area (Å²) in [5.74, 6) is 1.08. The van der Waals surface area contributed by atoms with E-state index in [1.807, 2.05) is 39.1 Å². The molecule has 0 spiro atoms. The molecule has 5 aromatic rings. The Balaban J connectivity index is 1.03. The Bertz CT molecular complexity index is 1730. The van der Waals surface area contributed by atoms with E-state index < -0.39 is 12.1 Å². The number of aryl methyl sites for hydroxylation is 2. The molecule has 1 atom stereocenters. The van der Waals surface area contributed by atoms with Crippen molar-refractivity contribution in [2.24, 2.45) is 13.0 Å². The van der Waals surface area contributed by atoms with Crippen molar-refractivity contribution < 1.29 is 17.6 Å². The zero-order valence-corrected chi connectivity index (χ0v) is 24.0. The predicted molar refractivity (Wildman–Crippen MR) is 155 cm³/mol. The van der Waals surface area contributed by atoms with Crippen LogP contribution in [0.2, 0.25) is 0 Å². The molecule has 41 heavy (non-hydrogen) atoms. The molecule has 214 valence electrons. The minimum atomic E-state index is -4.59. The van der Waals surface area contributed by atoms with Gasteiger partial charge in [0.25, 0.3) is 0 Å². The first-order valence-electron chi connectivity index (χ1n) is 13.8. The maximum Gasteiger partial charge on any atom is 0.468 e. The van der Waals surface area contributed by atoms with Gasteiger partial charge in [0.05, 0.1) is 5.52 Å².